The van der Waals surface area contributed by atoms with Crippen molar-refractivity contribution in [2.45, 2.75) is 82.8 Å². The van der Waals surface area contributed by atoms with E-state index in [1.54, 1.807) is 41.4 Å². The van der Waals surface area contributed by atoms with Crippen molar-refractivity contribution in [3.05, 3.63) is 154 Å². The number of imidazole rings is 1. The molecule has 0 fully saturated rings. The van der Waals surface area contributed by atoms with Crippen LogP contribution in [0.4, 0.5) is 0 Å². The van der Waals surface area contributed by atoms with Gasteiger partial charge in [0.05, 0.1) is 23.1 Å². The minimum absolute atomic E-state index is 0.0769. The molecule has 1 aliphatic rings. The second-order valence-corrected chi connectivity index (χ2v) is 17.9. The number of nitrogens with zero attached hydrogens (tertiary/aromatic N) is 4. The highest BCUT2D eigenvalue weighted by Crippen LogP contribution is 2.32. The molecule has 11 nitrogen and oxygen atoms in total. The van der Waals surface area contributed by atoms with Crippen molar-refractivity contribution in [2.24, 2.45) is 0 Å². The third-order valence-electron chi connectivity index (χ3n) is 11.5. The summed E-state index contributed by atoms with van der Waals surface area (Å²) in [5.41, 5.74) is 3.71. The summed E-state index contributed by atoms with van der Waals surface area (Å²) in [6.45, 7) is 5.72. The van der Waals surface area contributed by atoms with Gasteiger partial charge in [-0.25, -0.2) is 18.1 Å². The number of halogens is 1. The molecule has 0 saturated carbocycles. The Morgan fingerprint density at radius 2 is 1.58 bits per heavy atom. The average Bonchev–Trinajstić information content (AvgIpc) is 3.72. The molecule has 0 aliphatic carbocycles. The fourth-order valence-corrected chi connectivity index (χ4v) is 9.23. The molecule has 0 saturated heterocycles. The maximum absolute atomic E-state index is 15.0. The number of carbonyl (C=O) groups is 3. The summed E-state index contributed by atoms with van der Waals surface area (Å²) in [7, 11) is -4.39. The number of amides is 3. The molecule has 6 aromatic rings. The Balaban J connectivity index is 1.31. The third kappa shape index (κ3) is 9.94. The van der Waals surface area contributed by atoms with Gasteiger partial charge in [-0.2, -0.15) is 0 Å². The Bertz CT molecular complexity index is 2680. The molecule has 5 aromatic carbocycles. The monoisotopic (exact) mass is 873 g/mol. The molecule has 7 rings (SSSR count). The number of aryl methyl sites for hydroxylation is 2. The van der Waals surface area contributed by atoms with Crippen molar-refractivity contribution in [1.82, 2.24) is 24.1 Å². The SMILES string of the molecule is CCCCN(CCCC)C(=O)c1cn(CCCc2ccccc2)c(-c2ccc(C(=O)NS(=O)(=O)c3ccc4cccc(Cl)c4c3)cc2C(=O)N2Cc3ccccc3CC2CO)n1. The number of nitrogens with one attached hydrogen (secondary N) is 1. The van der Waals surface area contributed by atoms with Crippen LogP contribution in [0, 0.1) is 0 Å². The molecule has 1 atom stereocenters. The lowest BCUT2D eigenvalue weighted by molar-refractivity contribution is 0.0544. The largest absolute Gasteiger partial charge is 0.394 e. The van der Waals surface area contributed by atoms with Crippen LogP contribution in [0.25, 0.3) is 22.2 Å². The van der Waals surface area contributed by atoms with Crippen LogP contribution in [-0.2, 0) is 36.0 Å². The van der Waals surface area contributed by atoms with Crippen LogP contribution in [0.1, 0.15) is 93.8 Å². The first-order valence-electron chi connectivity index (χ1n) is 21.3. The highest BCUT2D eigenvalue weighted by Gasteiger charge is 2.33. The van der Waals surface area contributed by atoms with E-state index in [-0.39, 0.29) is 40.8 Å². The van der Waals surface area contributed by atoms with Gasteiger partial charge in [-0.3, -0.25) is 14.4 Å². The topological polar surface area (TPSA) is 142 Å². The Hall–Kier alpha value is -5.82. The second-order valence-electron chi connectivity index (χ2n) is 15.8. The van der Waals surface area contributed by atoms with Crippen LogP contribution < -0.4 is 4.72 Å². The number of aliphatic hydroxyl groups is 1. The number of fused-ring (bicyclic) bond motifs is 2. The van der Waals surface area contributed by atoms with Gasteiger partial charge in [0.25, 0.3) is 27.7 Å². The van der Waals surface area contributed by atoms with E-state index >= 15 is 4.79 Å². The molecule has 322 valence electrons. The number of rotatable bonds is 17. The molecule has 0 radical (unpaired) electrons. The van der Waals surface area contributed by atoms with Gasteiger partial charge in [-0.05, 0) is 90.6 Å². The van der Waals surface area contributed by atoms with E-state index < -0.39 is 27.9 Å². The molecular weight excluding hydrogens is 822 g/mol. The highest BCUT2D eigenvalue weighted by molar-refractivity contribution is 7.90. The summed E-state index contributed by atoms with van der Waals surface area (Å²) < 4.78 is 31.5. The van der Waals surface area contributed by atoms with E-state index in [4.69, 9.17) is 16.6 Å². The van der Waals surface area contributed by atoms with E-state index in [9.17, 15) is 23.1 Å². The Morgan fingerprint density at radius 3 is 2.31 bits per heavy atom. The molecule has 2 heterocycles. The first-order chi connectivity index (χ1) is 30.0. The van der Waals surface area contributed by atoms with Gasteiger partial charge < -0.3 is 19.5 Å². The second kappa shape index (κ2) is 19.9. The van der Waals surface area contributed by atoms with Crippen molar-refractivity contribution in [3.8, 4) is 11.4 Å². The highest BCUT2D eigenvalue weighted by atomic mass is 35.5. The molecule has 1 aliphatic heterocycles. The fraction of sp³-hybridized carbons (Fsp3) is 0.306. The summed E-state index contributed by atoms with van der Waals surface area (Å²) >= 11 is 6.39. The zero-order chi connectivity index (χ0) is 43.8. The summed E-state index contributed by atoms with van der Waals surface area (Å²) in [5, 5.41) is 12.2. The van der Waals surface area contributed by atoms with Crippen LogP contribution in [0.15, 0.2) is 120 Å². The van der Waals surface area contributed by atoms with E-state index in [1.807, 2.05) is 51.9 Å². The molecule has 0 spiro atoms. The Kier molecular flexibility index (Phi) is 14.2. The van der Waals surface area contributed by atoms with Gasteiger partial charge in [0, 0.05) is 53.9 Å². The Labute approximate surface area is 368 Å². The summed E-state index contributed by atoms with van der Waals surface area (Å²) in [5.74, 6) is -1.26. The number of benzene rings is 5. The van der Waals surface area contributed by atoms with Crippen LogP contribution in [0.2, 0.25) is 5.02 Å². The van der Waals surface area contributed by atoms with Crippen LogP contribution >= 0.6 is 11.6 Å². The first-order valence-corrected chi connectivity index (χ1v) is 23.2. The predicted molar refractivity (Wildman–Crippen MR) is 243 cm³/mol. The lowest BCUT2D eigenvalue weighted by Gasteiger charge is -2.36. The fourth-order valence-electron chi connectivity index (χ4n) is 8.00. The standard InChI is InChI=1S/C49H52ClN5O6S/c1-3-5-25-53(26-6-4-2)49(59)45-32-54(27-13-16-34-14-8-7-9-15-34)46(51-45)41-24-22-37(29-43(41)48(58)55-31-38-18-11-10-17-36(38)28-39(55)33-56)47(57)52-62(60,61)40-23-21-35-19-12-20-44(50)42(35)30-40/h7-12,14-15,17-24,29-30,32,39,56H,3-6,13,16,25-28,31,33H2,1-2H3,(H,52,57). The summed E-state index contributed by atoms with van der Waals surface area (Å²) in [4.78, 5) is 51.5. The summed E-state index contributed by atoms with van der Waals surface area (Å²) in [6, 6.07) is 31.4. The molecule has 0 bridgehead atoms. The van der Waals surface area contributed by atoms with Crippen molar-refractivity contribution in [1.29, 1.82) is 0 Å². The average molecular weight is 875 g/mol. The van der Waals surface area contributed by atoms with E-state index in [1.165, 1.54) is 24.3 Å². The van der Waals surface area contributed by atoms with Gasteiger partial charge in [0.2, 0.25) is 0 Å². The van der Waals surface area contributed by atoms with Crippen molar-refractivity contribution in [2.75, 3.05) is 19.7 Å². The maximum atomic E-state index is 15.0. The number of carbonyl (C=O) groups excluding carboxylic acids is 3. The molecule has 1 aromatic heterocycles. The Morgan fingerprint density at radius 1 is 0.855 bits per heavy atom. The number of hydrogen-bond donors (Lipinski definition) is 2. The van der Waals surface area contributed by atoms with Gasteiger partial charge in [0.1, 0.15) is 11.5 Å². The van der Waals surface area contributed by atoms with Crippen molar-refractivity contribution >= 4 is 50.1 Å². The molecule has 2 N–H and O–H groups in total. The molecular formula is C49H52ClN5O6S. The number of unbranched alkanes of at least 4 members (excludes halogenated alkanes) is 2. The zero-order valence-corrected chi connectivity index (χ0v) is 36.7. The van der Waals surface area contributed by atoms with Gasteiger partial charge in [-0.1, -0.05) is 111 Å². The first kappa shape index (κ1) is 44.2. The maximum Gasteiger partial charge on any atom is 0.274 e. The van der Waals surface area contributed by atoms with Gasteiger partial charge in [-0.15, -0.1) is 0 Å². The number of hydrogen-bond acceptors (Lipinski definition) is 7. The molecule has 3 amide bonds. The van der Waals surface area contributed by atoms with E-state index in [0.29, 0.717) is 54.3 Å². The molecule has 13 heteroatoms. The van der Waals surface area contributed by atoms with Gasteiger partial charge >= 0.3 is 0 Å². The normalized spacial score (nSPS) is 13.8. The lowest BCUT2D eigenvalue weighted by atomic mass is 9.92. The predicted octanol–water partition coefficient (Wildman–Crippen LogP) is 8.71. The van der Waals surface area contributed by atoms with Crippen molar-refractivity contribution < 1.29 is 27.9 Å². The third-order valence-corrected chi connectivity index (χ3v) is 13.1. The van der Waals surface area contributed by atoms with Crippen molar-refractivity contribution in [3.63, 3.8) is 0 Å². The summed E-state index contributed by atoms with van der Waals surface area (Å²) in [6.07, 6.45) is 7.17. The minimum Gasteiger partial charge on any atom is -0.394 e. The van der Waals surface area contributed by atoms with Gasteiger partial charge in [0.15, 0.2) is 0 Å². The smallest absolute Gasteiger partial charge is 0.274 e. The lowest BCUT2D eigenvalue weighted by Crippen LogP contribution is -2.46. The van der Waals surface area contributed by atoms with Crippen LogP contribution in [0.3, 0.4) is 0 Å². The van der Waals surface area contributed by atoms with E-state index in [0.717, 1.165) is 54.2 Å². The van der Waals surface area contributed by atoms with Crippen LogP contribution in [0.5, 0.6) is 0 Å². The molecule has 1 unspecified atom stereocenters. The molecule has 62 heavy (non-hydrogen) atoms. The quantitative estimate of drug-likeness (QED) is 0.0934. The number of sulfonamides is 1. The van der Waals surface area contributed by atoms with Crippen LogP contribution in [-0.4, -0.2) is 76.3 Å². The van der Waals surface area contributed by atoms with E-state index in [2.05, 4.69) is 30.7 Å². The zero-order valence-electron chi connectivity index (χ0n) is 35.1. The number of aliphatic hydroxyl groups excluding tert-OH is 1. The minimum atomic E-state index is -4.39. The number of aromatic nitrogens is 2.